The van der Waals surface area contributed by atoms with Crippen molar-refractivity contribution < 1.29 is 14.7 Å². The van der Waals surface area contributed by atoms with Crippen molar-refractivity contribution in [3.63, 3.8) is 0 Å². The van der Waals surface area contributed by atoms with Crippen LogP contribution >= 0.6 is 0 Å². The van der Waals surface area contributed by atoms with Crippen LogP contribution in [0.3, 0.4) is 0 Å². The summed E-state index contributed by atoms with van der Waals surface area (Å²) in [4.78, 5) is 27.8. The fraction of sp³-hybridized carbons (Fsp3) is 0.455. The van der Waals surface area contributed by atoms with Gasteiger partial charge >= 0.3 is 5.97 Å². The summed E-state index contributed by atoms with van der Waals surface area (Å²) in [6.07, 6.45) is 3.04. The number of carbonyl (C=O) groups is 2. The van der Waals surface area contributed by atoms with Crippen molar-refractivity contribution in [2.75, 3.05) is 13.1 Å². The fourth-order valence-corrected chi connectivity index (χ4v) is 1.42. The Balaban J connectivity index is 2.80. The lowest BCUT2D eigenvalue weighted by Gasteiger charge is -2.16. The molecule has 0 bridgehead atoms. The van der Waals surface area contributed by atoms with Gasteiger partial charge in [-0.3, -0.25) is 14.7 Å². The molecule has 18 heavy (non-hydrogen) atoms. The van der Waals surface area contributed by atoms with Crippen LogP contribution in [0.25, 0.3) is 0 Å². The number of aryl methyl sites for hydroxylation is 1. The number of aromatic amines is 1. The highest BCUT2D eigenvalue weighted by Gasteiger charge is 2.21. The topological polar surface area (TPSA) is 99.2 Å². The molecule has 7 heteroatoms. The maximum atomic E-state index is 12.0. The molecule has 1 amide bonds. The number of amides is 1. The molecule has 0 atom stereocenters. The predicted octanol–water partition coefficient (Wildman–Crippen LogP) is 0.470. The van der Waals surface area contributed by atoms with Crippen molar-refractivity contribution in [2.24, 2.45) is 0 Å². The molecule has 0 aliphatic rings. The molecule has 0 aliphatic carbocycles. The minimum absolute atomic E-state index is 0.0125. The predicted molar refractivity (Wildman–Crippen MR) is 64.1 cm³/mol. The summed E-state index contributed by atoms with van der Waals surface area (Å²) >= 11 is 0. The smallest absolute Gasteiger partial charge is 0.323 e. The molecule has 0 aliphatic heterocycles. The van der Waals surface area contributed by atoms with Crippen molar-refractivity contribution in [1.82, 2.24) is 20.1 Å². The third-order valence-electron chi connectivity index (χ3n) is 2.17. The summed E-state index contributed by atoms with van der Waals surface area (Å²) in [5.74, 6) is -0.998. The Morgan fingerprint density at radius 1 is 1.56 bits per heavy atom. The number of hydrogen-bond donors (Lipinski definition) is 2. The minimum atomic E-state index is -1.09. The fourth-order valence-electron chi connectivity index (χ4n) is 1.42. The maximum Gasteiger partial charge on any atom is 0.323 e. The van der Waals surface area contributed by atoms with Gasteiger partial charge in [0.2, 0.25) is 5.82 Å². The second-order valence-electron chi connectivity index (χ2n) is 3.72. The average Bonchev–Trinajstić information content (AvgIpc) is 2.76. The molecule has 2 N–H and O–H groups in total. The first-order valence-corrected chi connectivity index (χ1v) is 5.61. The molecule has 0 fully saturated rings. The van der Waals surface area contributed by atoms with Gasteiger partial charge in [0, 0.05) is 13.0 Å². The first-order valence-electron chi connectivity index (χ1n) is 5.61. The Kier molecular flexibility index (Phi) is 5.04. The van der Waals surface area contributed by atoms with Crippen molar-refractivity contribution in [3.8, 4) is 0 Å². The third kappa shape index (κ3) is 3.69. The standard InChI is InChI=1S/C11H16N4O3/c1-3-5-8-12-10(14-13-8)11(18)15(6-4-2)7-9(16)17/h4H,2-3,5-7H2,1H3,(H,16,17)(H,12,13,14). The Bertz CT molecular complexity index is 441. The molecule has 1 aromatic rings. The number of carboxylic acid groups (broad SMARTS) is 1. The summed E-state index contributed by atoms with van der Waals surface area (Å²) in [7, 11) is 0. The lowest BCUT2D eigenvalue weighted by Crippen LogP contribution is -2.36. The van der Waals surface area contributed by atoms with Crippen LogP contribution in [0.15, 0.2) is 12.7 Å². The number of hydrogen-bond acceptors (Lipinski definition) is 4. The van der Waals surface area contributed by atoms with Gasteiger partial charge < -0.3 is 10.0 Å². The second kappa shape index (κ2) is 6.53. The van der Waals surface area contributed by atoms with Gasteiger partial charge in [0.1, 0.15) is 12.4 Å². The van der Waals surface area contributed by atoms with E-state index in [1.165, 1.54) is 6.08 Å². The Morgan fingerprint density at radius 3 is 2.83 bits per heavy atom. The lowest BCUT2D eigenvalue weighted by atomic mass is 10.3. The minimum Gasteiger partial charge on any atom is -0.480 e. The third-order valence-corrected chi connectivity index (χ3v) is 2.17. The summed E-state index contributed by atoms with van der Waals surface area (Å²) in [5.41, 5.74) is 0. The van der Waals surface area contributed by atoms with Crippen LogP contribution in [0.2, 0.25) is 0 Å². The van der Waals surface area contributed by atoms with Crippen molar-refractivity contribution in [1.29, 1.82) is 0 Å². The highest BCUT2D eigenvalue weighted by atomic mass is 16.4. The van der Waals surface area contributed by atoms with Gasteiger partial charge in [0.15, 0.2) is 0 Å². The molecule has 1 aromatic heterocycles. The van der Waals surface area contributed by atoms with E-state index in [0.29, 0.717) is 12.2 Å². The molecule has 98 valence electrons. The van der Waals surface area contributed by atoms with Gasteiger partial charge in [0.05, 0.1) is 0 Å². The van der Waals surface area contributed by atoms with E-state index in [1.807, 2.05) is 6.92 Å². The van der Waals surface area contributed by atoms with Gasteiger partial charge in [-0.15, -0.1) is 11.7 Å². The molecule has 1 heterocycles. The van der Waals surface area contributed by atoms with E-state index < -0.39 is 18.4 Å². The molecular formula is C11H16N4O3. The van der Waals surface area contributed by atoms with E-state index in [2.05, 4.69) is 21.8 Å². The number of nitrogens with zero attached hydrogens (tertiary/aromatic N) is 3. The molecule has 0 spiro atoms. The zero-order valence-corrected chi connectivity index (χ0v) is 10.2. The quantitative estimate of drug-likeness (QED) is 0.687. The Morgan fingerprint density at radius 2 is 2.28 bits per heavy atom. The molecule has 7 nitrogen and oxygen atoms in total. The monoisotopic (exact) mass is 252 g/mol. The molecular weight excluding hydrogens is 236 g/mol. The number of aliphatic carboxylic acids is 1. The lowest BCUT2D eigenvalue weighted by molar-refractivity contribution is -0.137. The number of carbonyl (C=O) groups excluding carboxylic acids is 1. The summed E-state index contributed by atoms with van der Waals surface area (Å²) < 4.78 is 0. The van der Waals surface area contributed by atoms with E-state index >= 15 is 0 Å². The van der Waals surface area contributed by atoms with Gasteiger partial charge in [-0.2, -0.15) is 0 Å². The number of nitrogens with one attached hydrogen (secondary N) is 1. The van der Waals surface area contributed by atoms with Gasteiger partial charge in [-0.25, -0.2) is 4.98 Å². The zero-order chi connectivity index (χ0) is 13.5. The van der Waals surface area contributed by atoms with Crippen molar-refractivity contribution in [3.05, 3.63) is 24.3 Å². The maximum absolute atomic E-state index is 12.0. The molecule has 1 rings (SSSR count). The van der Waals surface area contributed by atoms with Crippen LogP contribution < -0.4 is 0 Å². The van der Waals surface area contributed by atoms with Gasteiger partial charge in [-0.1, -0.05) is 13.0 Å². The van der Waals surface area contributed by atoms with Crippen LogP contribution in [0, 0.1) is 0 Å². The second-order valence-corrected chi connectivity index (χ2v) is 3.72. The van der Waals surface area contributed by atoms with E-state index in [9.17, 15) is 9.59 Å². The first kappa shape index (κ1) is 13.9. The highest BCUT2D eigenvalue weighted by Crippen LogP contribution is 2.02. The van der Waals surface area contributed by atoms with Crippen LogP contribution in [0.5, 0.6) is 0 Å². The number of aromatic nitrogens is 3. The highest BCUT2D eigenvalue weighted by molar-refractivity contribution is 5.92. The molecule has 0 unspecified atom stereocenters. The van der Waals surface area contributed by atoms with Crippen LogP contribution in [0.4, 0.5) is 0 Å². The summed E-state index contributed by atoms with van der Waals surface area (Å²) in [6.45, 7) is 5.21. The van der Waals surface area contributed by atoms with E-state index in [0.717, 1.165) is 11.3 Å². The average molecular weight is 252 g/mol. The summed E-state index contributed by atoms with van der Waals surface area (Å²) in [5, 5.41) is 15.2. The Hall–Kier alpha value is -2.18. The summed E-state index contributed by atoms with van der Waals surface area (Å²) in [6, 6.07) is 0. The van der Waals surface area contributed by atoms with Gasteiger partial charge in [0.25, 0.3) is 5.91 Å². The first-order chi connectivity index (χ1) is 8.58. The normalized spacial score (nSPS) is 10.1. The molecule has 0 aromatic carbocycles. The number of carboxylic acids is 1. The van der Waals surface area contributed by atoms with Crippen LogP contribution in [-0.2, 0) is 11.2 Å². The number of H-pyrrole nitrogens is 1. The number of rotatable bonds is 7. The molecule has 0 radical (unpaired) electrons. The van der Waals surface area contributed by atoms with E-state index in [-0.39, 0.29) is 12.4 Å². The molecule has 0 saturated heterocycles. The largest absolute Gasteiger partial charge is 0.480 e. The van der Waals surface area contributed by atoms with Crippen molar-refractivity contribution in [2.45, 2.75) is 19.8 Å². The van der Waals surface area contributed by atoms with Crippen LogP contribution in [-0.4, -0.2) is 50.2 Å². The van der Waals surface area contributed by atoms with Crippen LogP contribution in [0.1, 0.15) is 29.8 Å². The van der Waals surface area contributed by atoms with E-state index in [1.54, 1.807) is 0 Å². The molecule has 0 saturated carbocycles. The Labute approximate surface area is 105 Å². The van der Waals surface area contributed by atoms with Crippen molar-refractivity contribution >= 4 is 11.9 Å². The zero-order valence-electron chi connectivity index (χ0n) is 10.2. The van der Waals surface area contributed by atoms with Gasteiger partial charge in [-0.05, 0) is 6.42 Å². The SMILES string of the molecule is C=CCN(CC(=O)O)C(=O)c1n[nH]c(CCC)n1. The van der Waals surface area contributed by atoms with E-state index in [4.69, 9.17) is 5.11 Å².